The van der Waals surface area contributed by atoms with E-state index in [2.05, 4.69) is 21.2 Å². The summed E-state index contributed by atoms with van der Waals surface area (Å²) in [5.41, 5.74) is 5.69. The molecule has 2 rings (SSSR count). The fourth-order valence-corrected chi connectivity index (χ4v) is 1.93. The summed E-state index contributed by atoms with van der Waals surface area (Å²) in [6, 6.07) is 7.99. The summed E-state index contributed by atoms with van der Waals surface area (Å²) in [5, 5.41) is 2.46. The van der Waals surface area contributed by atoms with E-state index in [1.54, 1.807) is 0 Å². The summed E-state index contributed by atoms with van der Waals surface area (Å²) in [4.78, 5) is 11.9. The van der Waals surface area contributed by atoms with Crippen LogP contribution < -0.4 is 11.1 Å². The molecule has 0 aliphatic carbocycles. The van der Waals surface area contributed by atoms with Crippen molar-refractivity contribution in [3.05, 3.63) is 58.1 Å². The molecule has 6 heteroatoms. The van der Waals surface area contributed by atoms with E-state index in [1.807, 2.05) is 0 Å². The van der Waals surface area contributed by atoms with Crippen molar-refractivity contribution in [1.82, 2.24) is 0 Å². The molecule has 2 aromatic carbocycles. The molecule has 0 saturated carbocycles. The summed E-state index contributed by atoms with van der Waals surface area (Å²) in [6.45, 7) is 0. The monoisotopic (exact) mass is 326 g/mol. The maximum atomic E-state index is 13.3. The van der Waals surface area contributed by atoms with Crippen LogP contribution in [0.4, 0.5) is 20.2 Å². The van der Waals surface area contributed by atoms with Crippen LogP contribution in [0.2, 0.25) is 0 Å². The van der Waals surface area contributed by atoms with Gasteiger partial charge < -0.3 is 11.1 Å². The summed E-state index contributed by atoms with van der Waals surface area (Å²) in [5.74, 6) is -1.72. The van der Waals surface area contributed by atoms with E-state index in [-0.39, 0.29) is 21.4 Å². The number of nitrogens with one attached hydrogen (secondary N) is 1. The smallest absolute Gasteiger partial charge is 0.256 e. The largest absolute Gasteiger partial charge is 0.396 e. The SMILES string of the molecule is Nc1ccc(NC(=O)c2cccc(F)c2Br)cc1F. The fourth-order valence-electron chi connectivity index (χ4n) is 1.48. The van der Waals surface area contributed by atoms with Crippen molar-refractivity contribution in [3.63, 3.8) is 0 Å². The third-order valence-electron chi connectivity index (χ3n) is 2.45. The summed E-state index contributed by atoms with van der Waals surface area (Å²) in [6.07, 6.45) is 0. The van der Waals surface area contributed by atoms with Crippen molar-refractivity contribution in [2.24, 2.45) is 0 Å². The fraction of sp³-hybridized carbons (Fsp3) is 0. The Kier molecular flexibility index (Phi) is 3.80. The molecule has 19 heavy (non-hydrogen) atoms. The van der Waals surface area contributed by atoms with Crippen LogP contribution in [0, 0.1) is 11.6 Å². The molecule has 0 spiro atoms. The molecule has 0 aliphatic rings. The molecule has 0 bridgehead atoms. The minimum absolute atomic E-state index is 0.00932. The van der Waals surface area contributed by atoms with Crippen LogP contribution >= 0.6 is 15.9 Å². The summed E-state index contributed by atoms with van der Waals surface area (Å²) < 4.78 is 26.6. The van der Waals surface area contributed by atoms with E-state index in [4.69, 9.17) is 5.73 Å². The second-order valence-corrected chi connectivity index (χ2v) is 4.58. The van der Waals surface area contributed by atoms with E-state index in [9.17, 15) is 13.6 Å². The van der Waals surface area contributed by atoms with Gasteiger partial charge in [0, 0.05) is 5.69 Å². The lowest BCUT2D eigenvalue weighted by atomic mass is 10.2. The number of amides is 1. The molecule has 0 aromatic heterocycles. The first-order valence-electron chi connectivity index (χ1n) is 5.29. The molecular weight excluding hydrogens is 318 g/mol. The lowest BCUT2D eigenvalue weighted by molar-refractivity contribution is 0.102. The molecule has 3 N–H and O–H groups in total. The van der Waals surface area contributed by atoms with Gasteiger partial charge in [0.1, 0.15) is 11.6 Å². The summed E-state index contributed by atoms with van der Waals surface area (Å²) in [7, 11) is 0. The first kappa shape index (κ1) is 13.5. The molecule has 0 heterocycles. The van der Waals surface area contributed by atoms with Crippen LogP contribution in [-0.2, 0) is 0 Å². The van der Waals surface area contributed by atoms with Crippen molar-refractivity contribution < 1.29 is 13.6 Å². The molecule has 2 aromatic rings. The number of rotatable bonds is 2. The zero-order valence-corrected chi connectivity index (χ0v) is 11.2. The van der Waals surface area contributed by atoms with Crippen molar-refractivity contribution in [2.45, 2.75) is 0 Å². The van der Waals surface area contributed by atoms with E-state index < -0.39 is 17.5 Å². The first-order chi connectivity index (χ1) is 8.99. The number of anilines is 2. The molecule has 3 nitrogen and oxygen atoms in total. The highest BCUT2D eigenvalue weighted by Crippen LogP contribution is 2.22. The van der Waals surface area contributed by atoms with Gasteiger partial charge in [-0.2, -0.15) is 0 Å². The Morgan fingerprint density at radius 1 is 1.16 bits per heavy atom. The first-order valence-corrected chi connectivity index (χ1v) is 6.08. The average Bonchev–Trinajstić information content (AvgIpc) is 2.37. The molecule has 98 valence electrons. The van der Waals surface area contributed by atoms with Crippen molar-refractivity contribution in [2.75, 3.05) is 11.1 Å². The number of hydrogen-bond donors (Lipinski definition) is 2. The highest BCUT2D eigenvalue weighted by molar-refractivity contribution is 9.10. The topological polar surface area (TPSA) is 55.1 Å². The second kappa shape index (κ2) is 5.36. The zero-order valence-electron chi connectivity index (χ0n) is 9.58. The van der Waals surface area contributed by atoms with E-state index >= 15 is 0 Å². The Hall–Kier alpha value is -1.95. The van der Waals surface area contributed by atoms with Crippen LogP contribution in [0.1, 0.15) is 10.4 Å². The highest BCUT2D eigenvalue weighted by atomic mass is 79.9. The molecule has 0 radical (unpaired) electrons. The molecule has 0 fully saturated rings. The van der Waals surface area contributed by atoms with Crippen LogP contribution in [0.25, 0.3) is 0 Å². The molecule has 0 atom stereocenters. The second-order valence-electron chi connectivity index (χ2n) is 3.79. The van der Waals surface area contributed by atoms with Gasteiger partial charge in [-0.1, -0.05) is 6.07 Å². The van der Waals surface area contributed by atoms with E-state index in [0.717, 1.165) is 6.07 Å². The molecule has 0 saturated heterocycles. The Morgan fingerprint density at radius 2 is 1.89 bits per heavy atom. The third-order valence-corrected chi connectivity index (χ3v) is 3.26. The van der Waals surface area contributed by atoms with Gasteiger partial charge in [0.05, 0.1) is 15.7 Å². The highest BCUT2D eigenvalue weighted by Gasteiger charge is 2.13. The molecular formula is C13H9BrF2N2O. The van der Waals surface area contributed by atoms with Crippen LogP contribution in [0.5, 0.6) is 0 Å². The molecule has 0 aliphatic heterocycles. The van der Waals surface area contributed by atoms with Crippen molar-refractivity contribution in [1.29, 1.82) is 0 Å². The zero-order chi connectivity index (χ0) is 14.0. The summed E-state index contributed by atoms with van der Waals surface area (Å²) >= 11 is 2.99. The van der Waals surface area contributed by atoms with Gasteiger partial charge in [-0.05, 0) is 46.3 Å². The van der Waals surface area contributed by atoms with Crippen LogP contribution in [0.3, 0.4) is 0 Å². The maximum Gasteiger partial charge on any atom is 0.256 e. The number of nitrogens with two attached hydrogens (primary N) is 1. The van der Waals surface area contributed by atoms with Gasteiger partial charge in [0.25, 0.3) is 5.91 Å². The van der Waals surface area contributed by atoms with Gasteiger partial charge in [0.15, 0.2) is 0 Å². The average molecular weight is 327 g/mol. The predicted molar refractivity (Wildman–Crippen MR) is 72.9 cm³/mol. The van der Waals surface area contributed by atoms with Gasteiger partial charge in [-0.25, -0.2) is 8.78 Å². The quantitative estimate of drug-likeness (QED) is 0.829. The third kappa shape index (κ3) is 2.90. The van der Waals surface area contributed by atoms with Crippen molar-refractivity contribution in [3.8, 4) is 0 Å². The Balaban J connectivity index is 2.26. The molecule has 1 amide bonds. The number of hydrogen-bond acceptors (Lipinski definition) is 2. The number of nitrogen functional groups attached to an aromatic ring is 1. The Morgan fingerprint density at radius 3 is 2.58 bits per heavy atom. The lowest BCUT2D eigenvalue weighted by Gasteiger charge is -2.08. The van der Waals surface area contributed by atoms with Crippen molar-refractivity contribution >= 4 is 33.2 Å². The Labute approximate surface area is 116 Å². The maximum absolute atomic E-state index is 13.3. The number of halogens is 3. The normalized spacial score (nSPS) is 10.3. The Bertz CT molecular complexity index is 647. The minimum atomic E-state index is -0.629. The number of benzene rings is 2. The van der Waals surface area contributed by atoms with Gasteiger partial charge >= 0.3 is 0 Å². The lowest BCUT2D eigenvalue weighted by Crippen LogP contribution is -2.13. The standard InChI is InChI=1S/C13H9BrF2N2O/c14-12-8(2-1-3-9(12)15)13(19)18-7-4-5-11(17)10(16)6-7/h1-6H,17H2,(H,18,19). The van der Waals surface area contributed by atoms with Gasteiger partial charge in [-0.15, -0.1) is 0 Å². The van der Waals surface area contributed by atoms with Gasteiger partial charge in [-0.3, -0.25) is 4.79 Å². The molecule has 0 unspecified atom stereocenters. The van der Waals surface area contributed by atoms with Gasteiger partial charge in [0.2, 0.25) is 0 Å². The number of carbonyl (C=O) groups is 1. The van der Waals surface area contributed by atoms with E-state index in [0.29, 0.717) is 0 Å². The predicted octanol–water partition coefficient (Wildman–Crippen LogP) is 3.56. The van der Waals surface area contributed by atoms with Crippen LogP contribution in [-0.4, -0.2) is 5.91 Å². The van der Waals surface area contributed by atoms with E-state index in [1.165, 1.54) is 30.3 Å². The minimum Gasteiger partial charge on any atom is -0.396 e. The van der Waals surface area contributed by atoms with Crippen LogP contribution in [0.15, 0.2) is 40.9 Å². The number of carbonyl (C=O) groups excluding carboxylic acids is 1.